The summed E-state index contributed by atoms with van der Waals surface area (Å²) in [6, 6.07) is 3.97. The molecule has 2 rings (SSSR count). The van der Waals surface area contributed by atoms with Gasteiger partial charge in [0, 0.05) is 12.8 Å². The molecule has 1 N–H and O–H groups in total. The predicted molar refractivity (Wildman–Crippen MR) is 69.4 cm³/mol. The molecule has 0 unspecified atom stereocenters. The molecule has 0 saturated carbocycles. The van der Waals surface area contributed by atoms with E-state index in [-0.39, 0.29) is 40.9 Å². The van der Waals surface area contributed by atoms with Gasteiger partial charge in [0.05, 0.1) is 16.3 Å². The van der Waals surface area contributed by atoms with Gasteiger partial charge in [0.25, 0.3) is 0 Å². The third-order valence-electron chi connectivity index (χ3n) is 2.96. The molecule has 1 heterocycles. The lowest BCUT2D eigenvalue weighted by Crippen LogP contribution is -2.35. The highest BCUT2D eigenvalue weighted by molar-refractivity contribution is 6.35. The molecule has 0 aliphatic carbocycles. The third-order valence-corrected chi connectivity index (χ3v) is 3.28. The molecule has 5 nitrogen and oxygen atoms in total. The van der Waals surface area contributed by atoms with Crippen molar-refractivity contribution in [3.63, 3.8) is 0 Å². The summed E-state index contributed by atoms with van der Waals surface area (Å²) in [7, 11) is 0. The number of benzene rings is 1. The van der Waals surface area contributed by atoms with Gasteiger partial charge in [-0.15, -0.1) is 0 Å². The van der Waals surface area contributed by atoms with Crippen molar-refractivity contribution in [3.05, 3.63) is 28.8 Å². The van der Waals surface area contributed by atoms with Crippen LogP contribution in [0.4, 0.5) is 5.69 Å². The molecule has 1 aliphatic heterocycles. The molecule has 0 bridgehead atoms. The molecule has 1 aromatic carbocycles. The Hall–Kier alpha value is -1.88. The minimum atomic E-state index is -1.13. The summed E-state index contributed by atoms with van der Waals surface area (Å²) in [5.41, 5.74) is 0.141. The first-order valence-electron chi connectivity index (χ1n) is 5.89. The molecule has 2 amide bonds. The van der Waals surface area contributed by atoms with E-state index in [4.69, 9.17) is 16.7 Å². The van der Waals surface area contributed by atoms with Crippen molar-refractivity contribution in [2.24, 2.45) is 0 Å². The van der Waals surface area contributed by atoms with Gasteiger partial charge < -0.3 is 5.11 Å². The number of hydrogen-bond donors (Lipinski definition) is 1. The smallest absolute Gasteiger partial charge is 0.335 e. The lowest BCUT2D eigenvalue weighted by atomic mass is 10.1. The van der Waals surface area contributed by atoms with Gasteiger partial charge in [-0.3, -0.25) is 9.59 Å². The van der Waals surface area contributed by atoms with Crippen molar-refractivity contribution >= 4 is 35.1 Å². The average molecular weight is 282 g/mol. The number of amides is 2. The van der Waals surface area contributed by atoms with Crippen LogP contribution in [0.2, 0.25) is 5.02 Å². The largest absolute Gasteiger partial charge is 0.478 e. The maximum absolute atomic E-state index is 12.0. The molecule has 0 atom stereocenters. The van der Waals surface area contributed by atoms with E-state index >= 15 is 0 Å². The Kier molecular flexibility index (Phi) is 3.85. The second-order valence-corrected chi connectivity index (χ2v) is 4.71. The summed E-state index contributed by atoms with van der Waals surface area (Å²) in [4.78, 5) is 35.9. The SMILES string of the molecule is O=C(O)c1ccc(Cl)c(N2C(=O)CCCCC2=O)c1. The zero-order valence-electron chi connectivity index (χ0n) is 10.1. The zero-order valence-corrected chi connectivity index (χ0v) is 10.8. The number of anilines is 1. The number of halogens is 1. The maximum Gasteiger partial charge on any atom is 0.335 e. The van der Waals surface area contributed by atoms with Gasteiger partial charge in [-0.25, -0.2) is 9.69 Å². The van der Waals surface area contributed by atoms with Crippen molar-refractivity contribution in [3.8, 4) is 0 Å². The fraction of sp³-hybridized carbons (Fsp3) is 0.308. The highest BCUT2D eigenvalue weighted by Crippen LogP contribution is 2.30. The van der Waals surface area contributed by atoms with Crippen LogP contribution in [0.5, 0.6) is 0 Å². The Morgan fingerprint density at radius 1 is 1.16 bits per heavy atom. The Bertz CT molecular complexity index is 538. The van der Waals surface area contributed by atoms with E-state index in [0.717, 1.165) is 4.90 Å². The fourth-order valence-electron chi connectivity index (χ4n) is 2.00. The second-order valence-electron chi connectivity index (χ2n) is 4.30. The topological polar surface area (TPSA) is 74.7 Å². The highest BCUT2D eigenvalue weighted by atomic mass is 35.5. The van der Waals surface area contributed by atoms with Gasteiger partial charge in [-0.1, -0.05) is 11.6 Å². The maximum atomic E-state index is 12.0. The van der Waals surface area contributed by atoms with E-state index in [0.29, 0.717) is 12.8 Å². The lowest BCUT2D eigenvalue weighted by molar-refractivity contribution is -0.125. The number of imide groups is 1. The molecule has 1 aliphatic rings. The number of carbonyl (C=O) groups is 3. The molecule has 6 heteroatoms. The first kappa shape index (κ1) is 13.5. The van der Waals surface area contributed by atoms with E-state index < -0.39 is 5.97 Å². The minimum Gasteiger partial charge on any atom is -0.478 e. The molecule has 0 aromatic heterocycles. The first-order chi connectivity index (χ1) is 9.00. The summed E-state index contributed by atoms with van der Waals surface area (Å²) >= 11 is 5.98. The Balaban J connectivity index is 2.48. The molecule has 19 heavy (non-hydrogen) atoms. The normalized spacial score (nSPS) is 16.4. The van der Waals surface area contributed by atoms with Crippen LogP contribution in [0, 0.1) is 0 Å². The fourth-order valence-corrected chi connectivity index (χ4v) is 2.20. The van der Waals surface area contributed by atoms with Gasteiger partial charge in [0.2, 0.25) is 11.8 Å². The first-order valence-corrected chi connectivity index (χ1v) is 6.27. The number of carboxylic acids is 1. The van der Waals surface area contributed by atoms with E-state index in [9.17, 15) is 14.4 Å². The van der Waals surface area contributed by atoms with Crippen LogP contribution in [0.25, 0.3) is 0 Å². The van der Waals surface area contributed by atoms with E-state index in [1.807, 2.05) is 0 Å². The number of aromatic carboxylic acids is 1. The summed E-state index contributed by atoms with van der Waals surface area (Å²) in [6.07, 6.45) is 1.83. The Morgan fingerprint density at radius 2 is 1.74 bits per heavy atom. The van der Waals surface area contributed by atoms with Crippen LogP contribution in [0.3, 0.4) is 0 Å². The molecular weight excluding hydrogens is 270 g/mol. The minimum absolute atomic E-state index is 0.00996. The van der Waals surface area contributed by atoms with Crippen molar-refractivity contribution in [1.82, 2.24) is 0 Å². The lowest BCUT2D eigenvalue weighted by Gasteiger charge is -2.20. The van der Waals surface area contributed by atoms with E-state index in [1.54, 1.807) is 0 Å². The van der Waals surface area contributed by atoms with Crippen LogP contribution in [-0.4, -0.2) is 22.9 Å². The Morgan fingerprint density at radius 3 is 2.26 bits per heavy atom. The van der Waals surface area contributed by atoms with Crippen LogP contribution in [0.15, 0.2) is 18.2 Å². The van der Waals surface area contributed by atoms with Crippen molar-refractivity contribution in [1.29, 1.82) is 0 Å². The molecule has 1 fully saturated rings. The highest BCUT2D eigenvalue weighted by Gasteiger charge is 2.27. The number of carboxylic acid groups (broad SMARTS) is 1. The standard InChI is InChI=1S/C13H12ClNO4/c14-9-6-5-8(13(18)19)7-10(9)15-11(16)3-1-2-4-12(15)17/h5-7H,1-4H2,(H,18,19). The van der Waals surface area contributed by atoms with Gasteiger partial charge in [-0.05, 0) is 31.0 Å². The van der Waals surface area contributed by atoms with Crippen molar-refractivity contribution in [2.45, 2.75) is 25.7 Å². The van der Waals surface area contributed by atoms with E-state index in [1.165, 1.54) is 18.2 Å². The number of hydrogen-bond acceptors (Lipinski definition) is 3. The summed E-state index contributed by atoms with van der Waals surface area (Å²) in [6.45, 7) is 0. The molecule has 1 saturated heterocycles. The van der Waals surface area contributed by atoms with Gasteiger partial charge >= 0.3 is 5.97 Å². The van der Waals surface area contributed by atoms with Crippen LogP contribution < -0.4 is 4.90 Å². The van der Waals surface area contributed by atoms with E-state index in [2.05, 4.69) is 0 Å². The van der Waals surface area contributed by atoms with Gasteiger partial charge in [0.15, 0.2) is 0 Å². The number of nitrogens with zero attached hydrogens (tertiary/aromatic N) is 1. The predicted octanol–water partition coefficient (Wildman–Crippen LogP) is 2.47. The number of carbonyl (C=O) groups excluding carboxylic acids is 2. The summed E-state index contributed by atoms with van der Waals surface area (Å²) in [5.74, 6) is -1.81. The molecular formula is C13H12ClNO4. The van der Waals surface area contributed by atoms with Crippen molar-refractivity contribution in [2.75, 3.05) is 4.90 Å². The van der Waals surface area contributed by atoms with Crippen LogP contribution in [0.1, 0.15) is 36.0 Å². The Labute approximate surface area is 114 Å². The monoisotopic (exact) mass is 281 g/mol. The van der Waals surface area contributed by atoms with Gasteiger partial charge in [-0.2, -0.15) is 0 Å². The van der Waals surface area contributed by atoms with Gasteiger partial charge in [0.1, 0.15) is 0 Å². The molecule has 0 spiro atoms. The molecule has 100 valence electrons. The zero-order chi connectivity index (χ0) is 14.0. The second kappa shape index (κ2) is 5.40. The summed E-state index contributed by atoms with van der Waals surface area (Å²) < 4.78 is 0. The van der Waals surface area contributed by atoms with Crippen LogP contribution >= 0.6 is 11.6 Å². The van der Waals surface area contributed by atoms with Crippen molar-refractivity contribution < 1.29 is 19.5 Å². The molecule has 0 radical (unpaired) electrons. The van der Waals surface area contributed by atoms with Crippen LogP contribution in [-0.2, 0) is 9.59 Å². The third kappa shape index (κ3) is 2.76. The summed E-state index contributed by atoms with van der Waals surface area (Å²) in [5, 5.41) is 9.14. The average Bonchev–Trinajstić information content (AvgIpc) is 2.52. The quantitative estimate of drug-likeness (QED) is 0.845. The number of rotatable bonds is 2. The molecule has 1 aromatic rings.